The highest BCUT2D eigenvalue weighted by Crippen LogP contribution is 2.10. The van der Waals surface area contributed by atoms with Gasteiger partial charge in [-0.25, -0.2) is 4.98 Å². The number of hydrogen-bond donors (Lipinski definition) is 2. The smallest absolute Gasteiger partial charge is 0.226 e. The summed E-state index contributed by atoms with van der Waals surface area (Å²) in [6.07, 6.45) is 3.78. The van der Waals surface area contributed by atoms with Gasteiger partial charge in [0.1, 0.15) is 0 Å². The van der Waals surface area contributed by atoms with Gasteiger partial charge in [0.25, 0.3) is 0 Å². The van der Waals surface area contributed by atoms with Crippen LogP contribution in [0.2, 0.25) is 0 Å². The average molecular weight is 224 g/mol. The number of anilines is 1. The molecule has 5 nitrogen and oxygen atoms in total. The highest BCUT2D eigenvalue weighted by atomic mass is 16.5. The van der Waals surface area contributed by atoms with Crippen LogP contribution in [0.1, 0.15) is 26.7 Å². The predicted molar refractivity (Wildman–Crippen MR) is 64.6 cm³/mol. The van der Waals surface area contributed by atoms with Crippen LogP contribution in [0.3, 0.4) is 0 Å². The molecular formula is C11H20N4O. The number of rotatable bonds is 7. The highest BCUT2D eigenvalue weighted by Gasteiger charge is 2.07. The molecule has 1 unspecified atom stereocenters. The van der Waals surface area contributed by atoms with Crippen LogP contribution in [-0.2, 0) is 0 Å². The van der Waals surface area contributed by atoms with E-state index in [0.29, 0.717) is 25.0 Å². The lowest BCUT2D eigenvalue weighted by molar-refractivity contribution is 0.326. The molecule has 3 N–H and O–H groups in total. The van der Waals surface area contributed by atoms with E-state index in [0.717, 1.165) is 12.8 Å². The molecule has 0 aromatic carbocycles. The number of ether oxygens (including phenoxy) is 1. The second-order valence-corrected chi connectivity index (χ2v) is 3.52. The van der Waals surface area contributed by atoms with Crippen LogP contribution < -0.4 is 15.8 Å². The largest absolute Gasteiger partial charge is 0.478 e. The maximum atomic E-state index is 5.65. The average Bonchev–Trinajstić information content (AvgIpc) is 2.29. The van der Waals surface area contributed by atoms with Gasteiger partial charge < -0.3 is 15.8 Å². The van der Waals surface area contributed by atoms with Gasteiger partial charge in [0.05, 0.1) is 6.61 Å². The molecule has 0 spiro atoms. The van der Waals surface area contributed by atoms with E-state index in [1.54, 1.807) is 12.3 Å². The minimum atomic E-state index is 0.224. The van der Waals surface area contributed by atoms with Crippen LogP contribution in [0.15, 0.2) is 12.3 Å². The van der Waals surface area contributed by atoms with Crippen LogP contribution in [0, 0.1) is 0 Å². The zero-order chi connectivity index (χ0) is 11.8. The molecule has 0 radical (unpaired) electrons. The third-order valence-electron chi connectivity index (χ3n) is 2.18. The fraction of sp³-hybridized carbons (Fsp3) is 0.636. The van der Waals surface area contributed by atoms with Gasteiger partial charge in [0, 0.05) is 24.8 Å². The first kappa shape index (κ1) is 12.7. The molecule has 90 valence electrons. The monoisotopic (exact) mass is 224 g/mol. The number of nitrogens with two attached hydrogens (primary N) is 1. The Morgan fingerprint density at radius 3 is 2.94 bits per heavy atom. The molecule has 1 aromatic rings. The van der Waals surface area contributed by atoms with Gasteiger partial charge in [-0.1, -0.05) is 13.3 Å². The minimum Gasteiger partial charge on any atom is -0.478 e. The van der Waals surface area contributed by atoms with Crippen molar-refractivity contribution in [3.63, 3.8) is 0 Å². The standard InChI is InChI=1S/C11H20N4O/c1-3-5-9(8-12)14-11-13-7-6-10(15-11)16-4-2/h6-7,9H,3-5,8,12H2,1-2H3,(H,13,14,15). The fourth-order valence-electron chi connectivity index (χ4n) is 1.42. The normalized spacial score (nSPS) is 12.2. The van der Waals surface area contributed by atoms with Crippen molar-refractivity contribution in [1.82, 2.24) is 9.97 Å². The summed E-state index contributed by atoms with van der Waals surface area (Å²) in [7, 11) is 0. The van der Waals surface area contributed by atoms with Gasteiger partial charge in [-0.2, -0.15) is 4.98 Å². The van der Waals surface area contributed by atoms with Crippen LogP contribution >= 0.6 is 0 Å². The molecule has 0 aliphatic carbocycles. The summed E-state index contributed by atoms with van der Waals surface area (Å²) >= 11 is 0. The van der Waals surface area contributed by atoms with Crippen molar-refractivity contribution in [1.29, 1.82) is 0 Å². The van der Waals surface area contributed by atoms with Crippen molar-refractivity contribution in [2.24, 2.45) is 5.73 Å². The maximum absolute atomic E-state index is 5.65. The van der Waals surface area contributed by atoms with E-state index in [1.807, 2.05) is 6.92 Å². The number of hydrogen-bond acceptors (Lipinski definition) is 5. The Morgan fingerprint density at radius 1 is 1.50 bits per heavy atom. The summed E-state index contributed by atoms with van der Waals surface area (Å²) in [5.74, 6) is 1.17. The molecule has 0 fully saturated rings. The zero-order valence-electron chi connectivity index (χ0n) is 9.94. The fourth-order valence-corrected chi connectivity index (χ4v) is 1.42. The van der Waals surface area contributed by atoms with Gasteiger partial charge in [-0.15, -0.1) is 0 Å². The first-order valence-electron chi connectivity index (χ1n) is 5.72. The molecule has 0 bridgehead atoms. The molecule has 0 aliphatic heterocycles. The van der Waals surface area contributed by atoms with E-state index < -0.39 is 0 Å². The van der Waals surface area contributed by atoms with Crippen LogP contribution in [0.25, 0.3) is 0 Å². The molecule has 16 heavy (non-hydrogen) atoms. The Balaban J connectivity index is 2.60. The molecule has 0 amide bonds. The van der Waals surface area contributed by atoms with Crippen molar-refractivity contribution in [3.05, 3.63) is 12.3 Å². The van der Waals surface area contributed by atoms with E-state index in [1.165, 1.54) is 0 Å². The van der Waals surface area contributed by atoms with Crippen LogP contribution in [0.4, 0.5) is 5.95 Å². The highest BCUT2D eigenvalue weighted by molar-refractivity contribution is 5.28. The van der Waals surface area contributed by atoms with Crippen molar-refractivity contribution < 1.29 is 4.74 Å². The number of aromatic nitrogens is 2. The van der Waals surface area contributed by atoms with Gasteiger partial charge in [0.15, 0.2) is 0 Å². The molecule has 1 atom stereocenters. The SMILES string of the molecule is CCCC(CN)Nc1nccc(OCC)n1. The van der Waals surface area contributed by atoms with Crippen molar-refractivity contribution >= 4 is 5.95 Å². The molecule has 1 heterocycles. The van der Waals surface area contributed by atoms with Gasteiger partial charge >= 0.3 is 0 Å². The van der Waals surface area contributed by atoms with Gasteiger partial charge in [-0.3, -0.25) is 0 Å². The summed E-state index contributed by atoms with van der Waals surface area (Å²) in [5.41, 5.74) is 5.65. The Morgan fingerprint density at radius 2 is 2.31 bits per heavy atom. The van der Waals surface area contributed by atoms with E-state index in [2.05, 4.69) is 22.2 Å². The molecule has 0 saturated carbocycles. The van der Waals surface area contributed by atoms with Crippen LogP contribution in [0.5, 0.6) is 5.88 Å². The summed E-state index contributed by atoms with van der Waals surface area (Å²) in [6, 6.07) is 1.97. The third-order valence-corrected chi connectivity index (χ3v) is 2.18. The summed E-state index contributed by atoms with van der Waals surface area (Å²) in [5, 5.41) is 3.20. The van der Waals surface area contributed by atoms with E-state index in [-0.39, 0.29) is 6.04 Å². The second-order valence-electron chi connectivity index (χ2n) is 3.52. The molecule has 0 aliphatic rings. The molecule has 1 aromatic heterocycles. The van der Waals surface area contributed by atoms with Crippen LogP contribution in [-0.4, -0.2) is 29.2 Å². The van der Waals surface area contributed by atoms with Crippen molar-refractivity contribution in [3.8, 4) is 5.88 Å². The van der Waals surface area contributed by atoms with Crippen molar-refractivity contribution in [2.75, 3.05) is 18.5 Å². The van der Waals surface area contributed by atoms with E-state index >= 15 is 0 Å². The zero-order valence-corrected chi connectivity index (χ0v) is 9.94. The first-order chi connectivity index (χ1) is 7.80. The number of nitrogens with zero attached hydrogens (tertiary/aromatic N) is 2. The molecular weight excluding hydrogens is 204 g/mol. The topological polar surface area (TPSA) is 73.1 Å². The Kier molecular flexibility index (Phi) is 5.56. The van der Waals surface area contributed by atoms with E-state index in [4.69, 9.17) is 10.5 Å². The third kappa shape index (κ3) is 4.02. The van der Waals surface area contributed by atoms with Gasteiger partial charge in [-0.05, 0) is 13.3 Å². The van der Waals surface area contributed by atoms with E-state index in [9.17, 15) is 0 Å². The lowest BCUT2D eigenvalue weighted by atomic mass is 10.2. The maximum Gasteiger partial charge on any atom is 0.226 e. The molecule has 0 saturated heterocycles. The first-order valence-corrected chi connectivity index (χ1v) is 5.72. The predicted octanol–water partition coefficient (Wildman–Crippen LogP) is 1.41. The Bertz CT molecular complexity index is 306. The lowest BCUT2D eigenvalue weighted by Crippen LogP contribution is -2.29. The Hall–Kier alpha value is -1.36. The number of nitrogens with one attached hydrogen (secondary N) is 1. The molecule has 5 heteroatoms. The van der Waals surface area contributed by atoms with Gasteiger partial charge in [0.2, 0.25) is 11.8 Å². The Labute approximate surface area is 96.4 Å². The summed E-state index contributed by atoms with van der Waals surface area (Å²) in [4.78, 5) is 8.37. The van der Waals surface area contributed by atoms with Crippen molar-refractivity contribution in [2.45, 2.75) is 32.7 Å². The lowest BCUT2D eigenvalue weighted by Gasteiger charge is -2.15. The minimum absolute atomic E-state index is 0.224. The summed E-state index contributed by atoms with van der Waals surface area (Å²) < 4.78 is 5.30. The molecule has 1 rings (SSSR count). The summed E-state index contributed by atoms with van der Waals surface area (Å²) in [6.45, 7) is 5.23. The second kappa shape index (κ2) is 7.00. The quantitative estimate of drug-likeness (QED) is 0.732.